The van der Waals surface area contributed by atoms with E-state index in [-0.39, 0.29) is 5.41 Å². The van der Waals surface area contributed by atoms with E-state index in [9.17, 15) is 0 Å². The lowest BCUT2D eigenvalue weighted by Crippen LogP contribution is -2.40. The summed E-state index contributed by atoms with van der Waals surface area (Å²) in [4.78, 5) is 2.49. The second-order valence-corrected chi connectivity index (χ2v) is 7.35. The molecule has 2 aromatic rings. The van der Waals surface area contributed by atoms with Gasteiger partial charge in [-0.2, -0.15) is 0 Å². The number of hydrogen-bond acceptors (Lipinski definition) is 2. The summed E-state index contributed by atoms with van der Waals surface area (Å²) in [6.45, 7) is 4.70. The minimum Gasteiger partial charge on any atom is -0.393 e. The van der Waals surface area contributed by atoms with Gasteiger partial charge in [0.1, 0.15) is 0 Å². The number of rotatable bonds is 4. The molecule has 2 unspecified atom stereocenters. The van der Waals surface area contributed by atoms with Gasteiger partial charge in [0.15, 0.2) is 0 Å². The van der Waals surface area contributed by atoms with Gasteiger partial charge >= 0.3 is 0 Å². The van der Waals surface area contributed by atoms with Gasteiger partial charge in [-0.1, -0.05) is 68.4 Å². The summed E-state index contributed by atoms with van der Waals surface area (Å²) in [7, 11) is 4.25. The lowest BCUT2D eigenvalue weighted by atomic mass is 9.73. The van der Waals surface area contributed by atoms with Crippen LogP contribution in [0.4, 0.5) is 0 Å². The smallest absolute Gasteiger partial charge is 0.0543 e. The second kappa shape index (κ2) is 7.35. The third kappa shape index (κ3) is 3.30. The van der Waals surface area contributed by atoms with E-state index >= 15 is 0 Å². The fourth-order valence-corrected chi connectivity index (χ4v) is 4.17. The van der Waals surface area contributed by atoms with Crippen molar-refractivity contribution in [2.45, 2.75) is 39.2 Å². The van der Waals surface area contributed by atoms with E-state index in [1.807, 2.05) is 7.05 Å². The highest BCUT2D eigenvalue weighted by atomic mass is 15.2. The minimum atomic E-state index is 0.246. The minimum absolute atomic E-state index is 0.246. The van der Waals surface area contributed by atoms with Gasteiger partial charge in [0.05, 0.1) is 6.04 Å². The number of nitrogens with one attached hydrogen (secondary N) is 1. The van der Waals surface area contributed by atoms with Gasteiger partial charge in [-0.15, -0.1) is 0 Å². The van der Waals surface area contributed by atoms with Crippen LogP contribution >= 0.6 is 0 Å². The molecule has 0 amide bonds. The molecule has 1 saturated heterocycles. The van der Waals surface area contributed by atoms with Crippen molar-refractivity contribution in [2.75, 3.05) is 14.1 Å². The van der Waals surface area contributed by atoms with Gasteiger partial charge in [-0.25, -0.2) is 0 Å². The maximum Gasteiger partial charge on any atom is 0.0543 e. The van der Waals surface area contributed by atoms with Crippen molar-refractivity contribution in [2.24, 2.45) is 5.41 Å². The van der Waals surface area contributed by atoms with E-state index in [1.165, 1.54) is 35.2 Å². The molecule has 0 bridgehead atoms. The Labute approximate surface area is 152 Å². The van der Waals surface area contributed by atoms with Crippen molar-refractivity contribution in [1.82, 2.24) is 10.2 Å². The van der Waals surface area contributed by atoms with E-state index in [0.29, 0.717) is 6.04 Å². The van der Waals surface area contributed by atoms with Gasteiger partial charge in [-0.3, -0.25) is 0 Å². The van der Waals surface area contributed by atoms with Crippen LogP contribution in [-0.4, -0.2) is 19.0 Å². The molecule has 1 fully saturated rings. The molecule has 132 valence electrons. The van der Waals surface area contributed by atoms with Crippen molar-refractivity contribution in [3.05, 3.63) is 72.1 Å². The summed E-state index contributed by atoms with van der Waals surface area (Å²) in [6, 6.07) is 20.0. The predicted molar refractivity (Wildman–Crippen MR) is 107 cm³/mol. The van der Waals surface area contributed by atoms with Crippen LogP contribution < -0.4 is 5.32 Å². The highest BCUT2D eigenvalue weighted by Gasteiger charge is 2.38. The van der Waals surface area contributed by atoms with Crippen molar-refractivity contribution < 1.29 is 0 Å². The molecule has 2 aromatic carbocycles. The third-order valence-corrected chi connectivity index (χ3v) is 5.90. The molecule has 1 heterocycles. The molecule has 1 N–H and O–H groups in total. The lowest BCUT2D eigenvalue weighted by Gasteiger charge is -2.47. The van der Waals surface area contributed by atoms with Crippen LogP contribution in [0.2, 0.25) is 0 Å². The lowest BCUT2D eigenvalue weighted by molar-refractivity contribution is 0.132. The van der Waals surface area contributed by atoms with Crippen LogP contribution in [0.5, 0.6) is 0 Å². The maximum absolute atomic E-state index is 3.27. The number of likely N-dealkylation sites (tertiary alicyclic amines) is 1. The summed E-state index contributed by atoms with van der Waals surface area (Å²) < 4.78 is 0. The number of hydrogen-bond donors (Lipinski definition) is 1. The first-order valence-corrected chi connectivity index (χ1v) is 9.36. The zero-order chi connectivity index (χ0) is 17.9. The van der Waals surface area contributed by atoms with Crippen LogP contribution in [0.1, 0.15) is 44.7 Å². The van der Waals surface area contributed by atoms with Gasteiger partial charge in [0.2, 0.25) is 0 Å². The van der Waals surface area contributed by atoms with E-state index in [2.05, 4.69) is 91.9 Å². The van der Waals surface area contributed by atoms with E-state index in [4.69, 9.17) is 0 Å². The van der Waals surface area contributed by atoms with Crippen LogP contribution in [0.3, 0.4) is 0 Å². The summed E-state index contributed by atoms with van der Waals surface area (Å²) in [5, 5.41) is 3.27. The van der Waals surface area contributed by atoms with E-state index in [1.54, 1.807) is 0 Å². The average molecular weight is 335 g/mol. The zero-order valence-electron chi connectivity index (χ0n) is 15.9. The Hall–Kier alpha value is -2.22. The van der Waals surface area contributed by atoms with Crippen molar-refractivity contribution in [3.63, 3.8) is 0 Å². The zero-order valence-corrected chi connectivity index (χ0v) is 15.9. The SMILES string of the molecule is CCC1(C)CCC(c2ccccc2-c2ccccc2)N(C)/C1=C\NC. The fourth-order valence-electron chi connectivity index (χ4n) is 4.17. The standard InChI is InChI=1S/C23H30N2/c1-5-23(2)16-15-21(25(4)22(23)17-24-3)20-14-10-9-13-19(20)18-11-7-6-8-12-18/h6-14,17,21,24H,5,15-16H2,1-4H3/b22-17-. The topological polar surface area (TPSA) is 15.3 Å². The first-order valence-electron chi connectivity index (χ1n) is 9.36. The number of benzene rings is 2. The molecule has 0 radical (unpaired) electrons. The molecular weight excluding hydrogens is 304 g/mol. The molecule has 1 aliphatic rings. The molecule has 0 aromatic heterocycles. The van der Waals surface area contributed by atoms with Gasteiger partial charge in [0, 0.05) is 31.4 Å². The molecular formula is C23H30N2. The monoisotopic (exact) mass is 334 g/mol. The third-order valence-electron chi connectivity index (χ3n) is 5.90. The summed E-state index contributed by atoms with van der Waals surface area (Å²) >= 11 is 0. The van der Waals surface area contributed by atoms with Crippen molar-refractivity contribution >= 4 is 0 Å². The second-order valence-electron chi connectivity index (χ2n) is 7.35. The molecule has 2 nitrogen and oxygen atoms in total. The van der Waals surface area contributed by atoms with E-state index < -0.39 is 0 Å². The first-order chi connectivity index (χ1) is 12.1. The summed E-state index contributed by atoms with van der Waals surface area (Å²) in [6.07, 6.45) is 5.76. The molecule has 0 spiro atoms. The van der Waals surface area contributed by atoms with Crippen LogP contribution in [-0.2, 0) is 0 Å². The van der Waals surface area contributed by atoms with Crippen molar-refractivity contribution in [3.8, 4) is 11.1 Å². The Morgan fingerprint density at radius 1 is 1.12 bits per heavy atom. The Morgan fingerprint density at radius 2 is 1.80 bits per heavy atom. The fraction of sp³-hybridized carbons (Fsp3) is 0.391. The molecule has 25 heavy (non-hydrogen) atoms. The van der Waals surface area contributed by atoms with Gasteiger partial charge in [-0.05, 0) is 36.0 Å². The summed E-state index contributed by atoms with van der Waals surface area (Å²) in [5.74, 6) is 0. The Morgan fingerprint density at radius 3 is 2.48 bits per heavy atom. The number of nitrogens with zero attached hydrogens (tertiary/aromatic N) is 1. The predicted octanol–water partition coefficient (Wildman–Crippen LogP) is 5.60. The highest BCUT2D eigenvalue weighted by molar-refractivity contribution is 5.68. The van der Waals surface area contributed by atoms with Crippen molar-refractivity contribution in [1.29, 1.82) is 0 Å². The Bertz CT molecular complexity index is 735. The van der Waals surface area contributed by atoms with E-state index in [0.717, 1.165) is 6.42 Å². The molecule has 0 aliphatic carbocycles. The molecule has 2 heteroatoms. The normalized spacial score (nSPS) is 25.2. The number of allylic oxidation sites excluding steroid dienone is 1. The molecule has 3 rings (SSSR count). The maximum atomic E-state index is 3.27. The highest BCUT2D eigenvalue weighted by Crippen LogP contribution is 2.48. The van der Waals surface area contributed by atoms with Crippen LogP contribution in [0.25, 0.3) is 11.1 Å². The van der Waals surface area contributed by atoms with Crippen LogP contribution in [0.15, 0.2) is 66.5 Å². The number of piperidine rings is 1. The largest absolute Gasteiger partial charge is 0.393 e. The first kappa shape index (κ1) is 17.6. The van der Waals surface area contributed by atoms with Crippen LogP contribution in [0, 0.1) is 5.41 Å². The van der Waals surface area contributed by atoms with Gasteiger partial charge < -0.3 is 10.2 Å². The molecule has 1 aliphatic heterocycles. The molecule has 2 atom stereocenters. The quantitative estimate of drug-likeness (QED) is 0.783. The van der Waals surface area contributed by atoms with Gasteiger partial charge in [0.25, 0.3) is 0 Å². The summed E-state index contributed by atoms with van der Waals surface area (Å²) in [5.41, 5.74) is 5.74. The Balaban J connectivity index is 2.02. The molecule has 0 saturated carbocycles. The average Bonchev–Trinajstić information content (AvgIpc) is 2.66. The Kier molecular flexibility index (Phi) is 5.17.